The van der Waals surface area contributed by atoms with Gasteiger partial charge in [-0.2, -0.15) is 0 Å². The van der Waals surface area contributed by atoms with Crippen LogP contribution >= 0.6 is 0 Å². The van der Waals surface area contributed by atoms with E-state index < -0.39 is 23.6 Å². The molecule has 152 valence electrons. The number of ether oxygens (including phenoxy) is 1. The molecule has 5 N–H and O–H groups in total. The normalized spacial score (nSPS) is 19.6. The second-order valence-corrected chi connectivity index (χ2v) is 6.30. The van der Waals surface area contributed by atoms with E-state index in [2.05, 4.69) is 9.98 Å². The maximum absolute atomic E-state index is 13.3. The molecule has 0 radical (unpaired) electrons. The average Bonchev–Trinajstić information content (AvgIpc) is 2.97. The molecule has 0 bridgehead atoms. The van der Waals surface area contributed by atoms with Gasteiger partial charge in [0.25, 0.3) is 12.3 Å². The number of methoxy groups -OCH3 is 1. The number of aliphatic hydroxyl groups is 1. The van der Waals surface area contributed by atoms with Crippen LogP contribution in [-0.2, 0) is 10.3 Å². The first-order valence-corrected chi connectivity index (χ1v) is 8.44. The number of rotatable bonds is 5. The lowest BCUT2D eigenvalue weighted by Gasteiger charge is -2.26. The van der Waals surface area contributed by atoms with Crippen molar-refractivity contribution in [2.45, 2.75) is 12.0 Å². The Bertz CT molecular complexity index is 1020. The Labute approximate surface area is 165 Å². The Kier molecular flexibility index (Phi) is 5.10. The molecule has 2 heterocycles. The Morgan fingerprint density at radius 2 is 2.07 bits per heavy atom. The lowest BCUT2D eigenvalue weighted by Crippen LogP contribution is -2.41. The Hall–Kier alpha value is -3.69. The van der Waals surface area contributed by atoms with Crippen LogP contribution in [0.25, 0.3) is 5.76 Å². The number of alkyl halides is 2. The first kappa shape index (κ1) is 20.1. The SMILES string of the molecule is COc1cc(/C(O)=C/N)cc(C2(c3cccc(C(F)F)n3)N=C(N)N(C)C2=O)c1. The van der Waals surface area contributed by atoms with Crippen LogP contribution in [0.4, 0.5) is 8.78 Å². The number of aliphatic imine (C=N–C) groups is 1. The molecule has 0 saturated heterocycles. The molecule has 0 saturated carbocycles. The summed E-state index contributed by atoms with van der Waals surface area (Å²) in [6.45, 7) is 0. The van der Waals surface area contributed by atoms with Crippen molar-refractivity contribution >= 4 is 17.6 Å². The molecule has 10 heteroatoms. The summed E-state index contributed by atoms with van der Waals surface area (Å²) < 4.78 is 31.8. The summed E-state index contributed by atoms with van der Waals surface area (Å²) in [7, 11) is 2.81. The Morgan fingerprint density at radius 3 is 2.62 bits per heavy atom. The van der Waals surface area contributed by atoms with Gasteiger partial charge in [-0.25, -0.2) is 18.8 Å². The van der Waals surface area contributed by atoms with Crippen LogP contribution in [0, 0.1) is 0 Å². The van der Waals surface area contributed by atoms with E-state index in [1.807, 2.05) is 0 Å². The van der Waals surface area contributed by atoms with Crippen LogP contribution < -0.4 is 16.2 Å². The van der Waals surface area contributed by atoms with Crippen molar-refractivity contribution < 1.29 is 23.4 Å². The second-order valence-electron chi connectivity index (χ2n) is 6.30. The fourth-order valence-corrected chi connectivity index (χ4v) is 3.09. The number of nitrogens with zero attached hydrogens (tertiary/aromatic N) is 3. The van der Waals surface area contributed by atoms with Gasteiger partial charge in [0.2, 0.25) is 5.54 Å². The molecule has 1 atom stereocenters. The van der Waals surface area contributed by atoms with Gasteiger partial charge in [-0.05, 0) is 35.9 Å². The number of carbonyl (C=O) groups excluding carboxylic acids is 1. The van der Waals surface area contributed by atoms with Crippen LogP contribution in [0.15, 0.2) is 47.6 Å². The standard InChI is InChI=1S/C19H19F2N5O3/c1-26-17(28)19(25-18(26)23,15-5-3-4-13(24-15)16(20)21)11-6-10(14(27)9-22)7-12(8-11)29-2/h3-9,16,27H,22H2,1-2H3,(H2,23,25)/b14-9-. The summed E-state index contributed by atoms with van der Waals surface area (Å²) in [6, 6.07) is 8.37. The zero-order valence-corrected chi connectivity index (χ0v) is 15.6. The zero-order chi connectivity index (χ0) is 21.3. The second kappa shape index (κ2) is 7.38. The van der Waals surface area contributed by atoms with Crippen molar-refractivity contribution in [2.75, 3.05) is 14.2 Å². The van der Waals surface area contributed by atoms with Gasteiger partial charge in [0, 0.05) is 18.8 Å². The van der Waals surface area contributed by atoms with Crippen molar-refractivity contribution in [3.63, 3.8) is 0 Å². The topological polar surface area (TPSA) is 127 Å². The molecule has 1 amide bonds. The van der Waals surface area contributed by atoms with Crippen molar-refractivity contribution in [1.82, 2.24) is 9.88 Å². The molecule has 0 fully saturated rings. The lowest BCUT2D eigenvalue weighted by atomic mass is 9.84. The van der Waals surface area contributed by atoms with E-state index >= 15 is 0 Å². The molecule has 1 aliphatic heterocycles. The number of halogens is 2. The number of hydrogen-bond acceptors (Lipinski definition) is 7. The zero-order valence-electron chi connectivity index (χ0n) is 15.6. The average molecular weight is 403 g/mol. The van der Waals surface area contributed by atoms with E-state index in [1.165, 1.54) is 44.5 Å². The predicted molar refractivity (Wildman–Crippen MR) is 102 cm³/mol. The summed E-state index contributed by atoms with van der Waals surface area (Å²) in [5, 5.41) is 10.1. The smallest absolute Gasteiger partial charge is 0.280 e. The number of likely N-dealkylation sites (N-methyl/N-ethyl adjacent to an activating group) is 1. The molecule has 1 unspecified atom stereocenters. The van der Waals surface area contributed by atoms with Crippen LogP contribution in [-0.4, -0.2) is 41.0 Å². The highest BCUT2D eigenvalue weighted by Crippen LogP contribution is 2.41. The number of guanidine groups is 1. The maximum atomic E-state index is 13.3. The number of aliphatic hydroxyl groups excluding tert-OH is 1. The number of nitrogens with two attached hydrogens (primary N) is 2. The molecule has 1 aliphatic rings. The highest BCUT2D eigenvalue weighted by molar-refractivity contribution is 6.08. The van der Waals surface area contributed by atoms with Crippen LogP contribution in [0.5, 0.6) is 5.75 Å². The molecule has 29 heavy (non-hydrogen) atoms. The van der Waals surface area contributed by atoms with Gasteiger partial charge < -0.3 is 21.3 Å². The number of amides is 1. The molecule has 8 nitrogen and oxygen atoms in total. The van der Waals surface area contributed by atoms with E-state index in [9.17, 15) is 18.7 Å². The molecule has 1 aromatic carbocycles. The van der Waals surface area contributed by atoms with E-state index in [0.717, 1.165) is 17.2 Å². The third-order valence-electron chi connectivity index (χ3n) is 4.62. The van der Waals surface area contributed by atoms with Gasteiger partial charge in [0.05, 0.1) is 12.8 Å². The quantitative estimate of drug-likeness (QED) is 0.654. The van der Waals surface area contributed by atoms with Crippen molar-refractivity contribution in [3.05, 3.63) is 65.1 Å². The minimum Gasteiger partial charge on any atom is -0.506 e. The van der Waals surface area contributed by atoms with E-state index in [-0.39, 0.29) is 34.3 Å². The number of benzene rings is 1. The third-order valence-corrected chi connectivity index (χ3v) is 4.62. The summed E-state index contributed by atoms with van der Waals surface area (Å²) >= 11 is 0. The van der Waals surface area contributed by atoms with Crippen LogP contribution in [0.1, 0.15) is 28.9 Å². The minimum atomic E-state index is -2.84. The molecule has 0 aliphatic carbocycles. The highest BCUT2D eigenvalue weighted by Gasteiger charge is 2.51. The van der Waals surface area contributed by atoms with Gasteiger partial charge in [0.1, 0.15) is 17.2 Å². The first-order valence-electron chi connectivity index (χ1n) is 8.44. The van der Waals surface area contributed by atoms with Gasteiger partial charge in [-0.3, -0.25) is 9.69 Å². The number of aromatic nitrogens is 1. The minimum absolute atomic E-state index is 0.0389. The van der Waals surface area contributed by atoms with E-state index in [4.69, 9.17) is 16.2 Å². The van der Waals surface area contributed by atoms with Crippen molar-refractivity contribution in [2.24, 2.45) is 16.5 Å². The largest absolute Gasteiger partial charge is 0.506 e. The summed E-state index contributed by atoms with van der Waals surface area (Å²) in [4.78, 5) is 22.6. The van der Waals surface area contributed by atoms with Crippen LogP contribution in [0.2, 0.25) is 0 Å². The number of carbonyl (C=O) groups is 1. The summed E-state index contributed by atoms with van der Waals surface area (Å²) in [5.41, 5.74) is 9.35. The molecule has 0 spiro atoms. The van der Waals surface area contributed by atoms with Crippen molar-refractivity contribution in [1.29, 1.82) is 0 Å². The predicted octanol–water partition coefficient (Wildman–Crippen LogP) is 1.87. The number of pyridine rings is 1. The van der Waals surface area contributed by atoms with Gasteiger partial charge in [-0.15, -0.1) is 0 Å². The summed E-state index contributed by atoms with van der Waals surface area (Å²) in [5.74, 6) is -0.691. The molecule has 1 aromatic heterocycles. The lowest BCUT2D eigenvalue weighted by molar-refractivity contribution is -0.129. The molecule has 2 aromatic rings. The van der Waals surface area contributed by atoms with E-state index in [1.54, 1.807) is 0 Å². The first-order chi connectivity index (χ1) is 13.7. The van der Waals surface area contributed by atoms with Gasteiger partial charge in [0.15, 0.2) is 5.96 Å². The summed E-state index contributed by atoms with van der Waals surface area (Å²) in [6.07, 6.45) is -1.87. The van der Waals surface area contributed by atoms with Crippen molar-refractivity contribution in [3.8, 4) is 5.75 Å². The number of hydrogen-bond donors (Lipinski definition) is 3. The molecular weight excluding hydrogens is 384 g/mol. The highest BCUT2D eigenvalue weighted by atomic mass is 19.3. The Balaban J connectivity index is 2.35. The van der Waals surface area contributed by atoms with Crippen LogP contribution in [0.3, 0.4) is 0 Å². The molecule has 3 rings (SSSR count). The Morgan fingerprint density at radius 1 is 1.34 bits per heavy atom. The fourth-order valence-electron chi connectivity index (χ4n) is 3.09. The molecular formula is C19H19F2N5O3. The maximum Gasteiger partial charge on any atom is 0.280 e. The fraction of sp³-hybridized carbons (Fsp3) is 0.211. The van der Waals surface area contributed by atoms with Gasteiger partial charge in [-0.1, -0.05) is 6.07 Å². The van der Waals surface area contributed by atoms with E-state index in [0.29, 0.717) is 0 Å². The third kappa shape index (κ3) is 3.22. The van der Waals surface area contributed by atoms with Gasteiger partial charge >= 0.3 is 0 Å². The monoisotopic (exact) mass is 403 g/mol.